The lowest BCUT2D eigenvalue weighted by Gasteiger charge is -2.05. The van der Waals surface area contributed by atoms with E-state index in [4.69, 9.17) is 5.11 Å². The summed E-state index contributed by atoms with van der Waals surface area (Å²) in [4.78, 5) is 32.0. The zero-order chi connectivity index (χ0) is 11.4. The zero-order valence-electron chi connectivity index (χ0n) is 7.36. The second-order valence-corrected chi connectivity index (χ2v) is 2.50. The van der Waals surface area contributed by atoms with Gasteiger partial charge in [-0.3, -0.25) is 4.79 Å². The Hall–Kier alpha value is -2.44. The topological polar surface area (TPSA) is 101 Å². The van der Waals surface area contributed by atoms with E-state index in [9.17, 15) is 19.7 Å². The third-order valence-corrected chi connectivity index (χ3v) is 1.56. The maximum absolute atomic E-state index is 11.3. The van der Waals surface area contributed by atoms with Crippen LogP contribution >= 0.6 is 0 Å². The van der Waals surface area contributed by atoms with Crippen molar-refractivity contribution in [2.45, 2.75) is 0 Å². The largest absolute Gasteiger partial charge is 0.474 e. The number of carboxylic acid groups (broad SMARTS) is 1. The molecule has 0 radical (unpaired) electrons. The Morgan fingerprint density at radius 3 is 2.20 bits per heavy atom. The Morgan fingerprint density at radius 2 is 1.80 bits per heavy atom. The van der Waals surface area contributed by atoms with Gasteiger partial charge in [0, 0.05) is 5.56 Å². The average Bonchev–Trinajstić information content (AvgIpc) is 2.18. The van der Waals surface area contributed by atoms with Crippen LogP contribution in [-0.2, 0) is 0 Å². The zero-order valence-corrected chi connectivity index (χ0v) is 7.36. The fourth-order valence-electron chi connectivity index (χ4n) is 0.934. The molecule has 0 aliphatic rings. The Bertz CT molecular complexity index is 389. The van der Waals surface area contributed by atoms with Crippen molar-refractivity contribution in [1.29, 1.82) is 0 Å². The first-order chi connectivity index (χ1) is 7.04. The lowest BCUT2D eigenvalue weighted by Crippen LogP contribution is -2.40. The van der Waals surface area contributed by atoms with Gasteiger partial charge in [-0.2, -0.15) is 0 Å². The van der Waals surface area contributed by atoms with Crippen LogP contribution in [-0.4, -0.2) is 27.1 Å². The van der Waals surface area contributed by atoms with Gasteiger partial charge in [0.05, 0.1) is 5.01 Å². The first-order valence-corrected chi connectivity index (χ1v) is 3.80. The number of nitrogens with zero attached hydrogens (tertiary/aromatic N) is 2. The van der Waals surface area contributed by atoms with Crippen molar-refractivity contribution in [1.82, 2.24) is 5.01 Å². The van der Waals surface area contributed by atoms with Crippen LogP contribution in [0, 0.1) is 10.1 Å². The summed E-state index contributed by atoms with van der Waals surface area (Å²) in [6.07, 6.45) is -1.92. The van der Waals surface area contributed by atoms with E-state index in [1.165, 1.54) is 24.3 Å². The molecular weight excluding hydrogens is 204 g/mol. The lowest BCUT2D eigenvalue weighted by molar-refractivity contribution is -0.612. The minimum atomic E-state index is -1.92. The number of hydrogen-bond acceptors (Lipinski definition) is 4. The van der Waals surface area contributed by atoms with Crippen molar-refractivity contribution in [2.75, 3.05) is 0 Å². The number of carbonyl (C=O) groups is 2. The highest BCUT2D eigenvalue weighted by Gasteiger charge is 2.33. The predicted molar refractivity (Wildman–Crippen MR) is 47.6 cm³/mol. The molecule has 1 N–H and O–H groups in total. The molecule has 1 aromatic carbocycles. The van der Waals surface area contributed by atoms with Crippen LogP contribution in [0.1, 0.15) is 10.4 Å². The van der Waals surface area contributed by atoms with Crippen molar-refractivity contribution in [3.8, 4) is 0 Å². The molecule has 7 nitrogen and oxygen atoms in total. The summed E-state index contributed by atoms with van der Waals surface area (Å²) in [5.41, 5.74) is -0.0587. The van der Waals surface area contributed by atoms with Crippen LogP contribution in [0.4, 0.5) is 4.79 Å². The van der Waals surface area contributed by atoms with Gasteiger partial charge < -0.3 is 5.11 Å². The first kappa shape index (κ1) is 10.6. The summed E-state index contributed by atoms with van der Waals surface area (Å²) in [5, 5.41) is 17.0. The normalized spacial score (nSPS) is 9.33. The second kappa shape index (κ2) is 4.18. The van der Waals surface area contributed by atoms with Gasteiger partial charge in [0.1, 0.15) is 0 Å². The summed E-state index contributed by atoms with van der Waals surface area (Å²) >= 11 is 0. The number of nitro groups is 1. The van der Waals surface area contributed by atoms with Gasteiger partial charge in [0.15, 0.2) is 5.03 Å². The minimum absolute atomic E-state index is 0.0587. The van der Waals surface area contributed by atoms with E-state index < -0.39 is 22.0 Å². The molecule has 0 aliphatic heterocycles. The van der Waals surface area contributed by atoms with E-state index >= 15 is 0 Å². The molecule has 0 atom stereocenters. The number of hydrazine groups is 1. The highest BCUT2D eigenvalue weighted by molar-refractivity contribution is 6.01. The van der Waals surface area contributed by atoms with Crippen LogP contribution in [0.25, 0.3) is 0 Å². The van der Waals surface area contributed by atoms with E-state index in [0.717, 1.165) is 0 Å². The SMILES string of the molecule is O=C(O)N(C(=O)c1ccccc1)[N+](=O)[O-]. The lowest BCUT2D eigenvalue weighted by atomic mass is 10.2. The van der Waals surface area contributed by atoms with Crippen LogP contribution in [0.3, 0.4) is 0 Å². The molecule has 0 saturated carbocycles. The van der Waals surface area contributed by atoms with Crippen molar-refractivity contribution in [2.24, 2.45) is 0 Å². The second-order valence-electron chi connectivity index (χ2n) is 2.50. The molecule has 78 valence electrons. The third kappa shape index (κ3) is 2.27. The third-order valence-electron chi connectivity index (χ3n) is 1.56. The molecule has 0 aromatic heterocycles. The summed E-state index contributed by atoms with van der Waals surface area (Å²) in [6.45, 7) is 0. The molecule has 0 aliphatic carbocycles. The van der Waals surface area contributed by atoms with E-state index in [1.54, 1.807) is 6.07 Å². The molecule has 1 aromatic rings. The number of benzene rings is 1. The number of carbonyl (C=O) groups excluding carboxylic acids is 1. The molecule has 1 rings (SSSR count). The van der Waals surface area contributed by atoms with Gasteiger partial charge in [-0.25, -0.2) is 14.9 Å². The highest BCUT2D eigenvalue weighted by Crippen LogP contribution is 2.04. The summed E-state index contributed by atoms with van der Waals surface area (Å²) in [6, 6.07) is 7.15. The highest BCUT2D eigenvalue weighted by atomic mass is 16.7. The summed E-state index contributed by atoms with van der Waals surface area (Å²) in [5.74, 6) is -1.19. The van der Waals surface area contributed by atoms with Crippen LogP contribution in [0.2, 0.25) is 0 Å². The first-order valence-electron chi connectivity index (χ1n) is 3.80. The molecule has 0 unspecified atom stereocenters. The molecule has 0 fully saturated rings. The van der Waals surface area contributed by atoms with Gasteiger partial charge in [-0.1, -0.05) is 18.2 Å². The Labute approximate surface area is 83.7 Å². The molecular formula is C8H6N2O5. The quantitative estimate of drug-likeness (QED) is 0.579. The molecule has 2 amide bonds. The van der Waals surface area contributed by atoms with Gasteiger partial charge in [0.2, 0.25) is 0 Å². The van der Waals surface area contributed by atoms with Gasteiger partial charge in [-0.15, -0.1) is 0 Å². The number of imide groups is 1. The van der Waals surface area contributed by atoms with Crippen LogP contribution in [0.15, 0.2) is 30.3 Å². The number of amides is 2. The fraction of sp³-hybridized carbons (Fsp3) is 0. The standard InChI is InChI=1S/C8H6N2O5/c11-7(6-4-2-1-3-5-6)9(8(12)13)10(14)15/h1-5H,(H,12,13). The van der Waals surface area contributed by atoms with Crippen LogP contribution in [0.5, 0.6) is 0 Å². The maximum Gasteiger partial charge on any atom is 0.474 e. The minimum Gasteiger partial charge on any atom is -0.461 e. The van der Waals surface area contributed by atoms with Gasteiger partial charge >= 0.3 is 12.0 Å². The van der Waals surface area contributed by atoms with E-state index in [1.807, 2.05) is 0 Å². The van der Waals surface area contributed by atoms with Crippen molar-refractivity contribution >= 4 is 12.0 Å². The van der Waals surface area contributed by atoms with Crippen molar-refractivity contribution in [3.63, 3.8) is 0 Å². The van der Waals surface area contributed by atoms with Crippen LogP contribution < -0.4 is 0 Å². The predicted octanol–water partition coefficient (Wildman–Crippen LogP) is 0.998. The molecule has 15 heavy (non-hydrogen) atoms. The van der Waals surface area contributed by atoms with Gasteiger partial charge in [0.25, 0.3) is 0 Å². The van der Waals surface area contributed by atoms with Gasteiger partial charge in [-0.05, 0) is 12.1 Å². The molecule has 0 bridgehead atoms. The smallest absolute Gasteiger partial charge is 0.461 e. The average molecular weight is 210 g/mol. The summed E-state index contributed by atoms with van der Waals surface area (Å²) in [7, 11) is 0. The number of hydrogen-bond donors (Lipinski definition) is 1. The van der Waals surface area contributed by atoms with E-state index in [2.05, 4.69) is 0 Å². The Morgan fingerprint density at radius 1 is 1.27 bits per heavy atom. The fourth-order valence-corrected chi connectivity index (χ4v) is 0.934. The summed E-state index contributed by atoms with van der Waals surface area (Å²) < 4.78 is 0. The van der Waals surface area contributed by atoms with Crippen molar-refractivity contribution in [3.05, 3.63) is 46.0 Å². The monoisotopic (exact) mass is 210 g/mol. The molecule has 7 heteroatoms. The van der Waals surface area contributed by atoms with E-state index in [0.29, 0.717) is 0 Å². The molecule has 0 spiro atoms. The van der Waals surface area contributed by atoms with E-state index in [-0.39, 0.29) is 5.56 Å². The van der Waals surface area contributed by atoms with Crippen molar-refractivity contribution < 1.29 is 19.7 Å². The Balaban J connectivity index is 3.02. The molecule has 0 saturated heterocycles. The maximum atomic E-state index is 11.3. The number of rotatable bonds is 2. The molecule has 0 heterocycles. The Kier molecular flexibility index (Phi) is 2.97.